The molecule has 1 aromatic rings. The van der Waals surface area contributed by atoms with Crippen LogP contribution < -0.4 is 10.6 Å². The Bertz CT molecular complexity index is 512. The number of carbonyl (C=O) groups excluding carboxylic acids is 1. The summed E-state index contributed by atoms with van der Waals surface area (Å²) in [6.45, 7) is 5.98. The molecule has 0 unspecified atom stereocenters. The standard InChI is InChI=1S/C13H18ClN3O3/c1-13(2,3)16-12(18)6-7-15-10-5-4-9(14)8-11(10)17(19)20/h4-5,8,15H,6-7H2,1-3H3,(H,16,18). The Hall–Kier alpha value is -1.82. The van der Waals surface area contributed by atoms with Crippen LogP contribution in [0.2, 0.25) is 5.02 Å². The van der Waals surface area contributed by atoms with E-state index < -0.39 is 4.92 Å². The second-order valence-electron chi connectivity index (χ2n) is 5.39. The molecule has 0 saturated carbocycles. The van der Waals surface area contributed by atoms with E-state index in [1.807, 2.05) is 20.8 Å². The minimum absolute atomic E-state index is 0.103. The summed E-state index contributed by atoms with van der Waals surface area (Å²) < 4.78 is 0. The molecular formula is C13H18ClN3O3. The summed E-state index contributed by atoms with van der Waals surface area (Å²) in [6.07, 6.45) is 0.233. The Labute approximate surface area is 122 Å². The van der Waals surface area contributed by atoms with Gasteiger partial charge in [0.05, 0.1) is 4.92 Å². The molecule has 1 rings (SSSR count). The minimum atomic E-state index is -0.510. The average molecular weight is 300 g/mol. The first-order valence-electron chi connectivity index (χ1n) is 6.18. The molecule has 0 atom stereocenters. The van der Waals surface area contributed by atoms with E-state index in [1.54, 1.807) is 6.07 Å². The Morgan fingerprint density at radius 3 is 2.60 bits per heavy atom. The molecule has 0 heterocycles. The molecule has 2 N–H and O–H groups in total. The van der Waals surface area contributed by atoms with Gasteiger partial charge in [-0.3, -0.25) is 14.9 Å². The van der Waals surface area contributed by atoms with Gasteiger partial charge in [0.15, 0.2) is 0 Å². The lowest BCUT2D eigenvalue weighted by atomic mass is 10.1. The summed E-state index contributed by atoms with van der Waals surface area (Å²) in [5, 5.41) is 16.9. The SMILES string of the molecule is CC(C)(C)NC(=O)CCNc1ccc(Cl)cc1[N+](=O)[O-]. The molecule has 0 aromatic heterocycles. The summed E-state index contributed by atoms with van der Waals surface area (Å²) in [4.78, 5) is 22.0. The van der Waals surface area contributed by atoms with Gasteiger partial charge in [0.25, 0.3) is 5.69 Å². The van der Waals surface area contributed by atoms with E-state index in [4.69, 9.17) is 11.6 Å². The van der Waals surface area contributed by atoms with Crippen LogP contribution in [0.3, 0.4) is 0 Å². The normalized spacial score (nSPS) is 11.0. The van der Waals surface area contributed by atoms with Crippen molar-refractivity contribution in [1.29, 1.82) is 0 Å². The van der Waals surface area contributed by atoms with Gasteiger partial charge in [-0.05, 0) is 32.9 Å². The third-order valence-electron chi connectivity index (χ3n) is 2.34. The number of hydrogen-bond acceptors (Lipinski definition) is 4. The van der Waals surface area contributed by atoms with Gasteiger partial charge in [-0.15, -0.1) is 0 Å². The fourth-order valence-corrected chi connectivity index (χ4v) is 1.76. The number of nitro groups is 1. The third kappa shape index (κ3) is 5.44. The zero-order valence-corrected chi connectivity index (χ0v) is 12.5. The molecule has 0 aliphatic carbocycles. The van der Waals surface area contributed by atoms with Crippen LogP contribution in [0.15, 0.2) is 18.2 Å². The van der Waals surface area contributed by atoms with Crippen LogP contribution in [0.1, 0.15) is 27.2 Å². The quantitative estimate of drug-likeness (QED) is 0.646. The lowest BCUT2D eigenvalue weighted by Crippen LogP contribution is -2.41. The second-order valence-corrected chi connectivity index (χ2v) is 5.83. The molecule has 0 spiro atoms. The summed E-state index contributed by atoms with van der Waals surface area (Å²) >= 11 is 5.72. The van der Waals surface area contributed by atoms with Gasteiger partial charge >= 0.3 is 0 Å². The van der Waals surface area contributed by atoms with Gasteiger partial charge < -0.3 is 10.6 Å². The van der Waals surface area contributed by atoms with Crippen LogP contribution >= 0.6 is 11.6 Å². The van der Waals surface area contributed by atoms with E-state index in [2.05, 4.69) is 10.6 Å². The topological polar surface area (TPSA) is 84.3 Å². The molecule has 7 heteroatoms. The Morgan fingerprint density at radius 1 is 1.40 bits per heavy atom. The molecule has 110 valence electrons. The number of benzene rings is 1. The van der Waals surface area contributed by atoms with Crippen molar-refractivity contribution in [2.24, 2.45) is 0 Å². The van der Waals surface area contributed by atoms with E-state index in [9.17, 15) is 14.9 Å². The van der Waals surface area contributed by atoms with Crippen LogP contribution in [0.4, 0.5) is 11.4 Å². The van der Waals surface area contributed by atoms with Crippen molar-refractivity contribution in [3.63, 3.8) is 0 Å². The monoisotopic (exact) mass is 299 g/mol. The smallest absolute Gasteiger partial charge is 0.293 e. The molecule has 20 heavy (non-hydrogen) atoms. The van der Waals surface area contributed by atoms with Gasteiger partial charge in [0.2, 0.25) is 5.91 Å². The van der Waals surface area contributed by atoms with Gasteiger partial charge in [-0.25, -0.2) is 0 Å². The van der Waals surface area contributed by atoms with E-state index >= 15 is 0 Å². The van der Waals surface area contributed by atoms with Crippen LogP contribution in [0, 0.1) is 10.1 Å². The molecule has 0 aliphatic heterocycles. The zero-order valence-electron chi connectivity index (χ0n) is 11.7. The van der Waals surface area contributed by atoms with Crippen molar-refractivity contribution in [3.05, 3.63) is 33.3 Å². The molecule has 0 aliphatic rings. The second kappa shape index (κ2) is 6.56. The zero-order chi connectivity index (χ0) is 15.3. The van der Waals surface area contributed by atoms with Crippen LogP contribution in [0.25, 0.3) is 0 Å². The Balaban J connectivity index is 2.58. The number of rotatable bonds is 5. The van der Waals surface area contributed by atoms with Gasteiger partial charge in [0.1, 0.15) is 5.69 Å². The van der Waals surface area contributed by atoms with Crippen molar-refractivity contribution in [2.75, 3.05) is 11.9 Å². The summed E-state index contributed by atoms with van der Waals surface area (Å²) in [6, 6.07) is 4.37. The highest BCUT2D eigenvalue weighted by Crippen LogP contribution is 2.27. The minimum Gasteiger partial charge on any atom is -0.379 e. The average Bonchev–Trinajstić information content (AvgIpc) is 2.28. The van der Waals surface area contributed by atoms with E-state index in [0.717, 1.165) is 0 Å². The number of carbonyl (C=O) groups is 1. The molecule has 1 amide bonds. The summed E-state index contributed by atoms with van der Waals surface area (Å²) in [7, 11) is 0. The van der Waals surface area contributed by atoms with Crippen molar-refractivity contribution >= 4 is 28.9 Å². The Morgan fingerprint density at radius 2 is 2.05 bits per heavy atom. The fraction of sp³-hybridized carbons (Fsp3) is 0.462. The first-order chi connectivity index (χ1) is 9.19. The number of nitrogens with one attached hydrogen (secondary N) is 2. The van der Waals surface area contributed by atoms with Crippen LogP contribution in [-0.2, 0) is 4.79 Å². The fourth-order valence-electron chi connectivity index (χ4n) is 1.60. The molecule has 1 aromatic carbocycles. The van der Waals surface area contributed by atoms with Gasteiger partial charge in [-0.1, -0.05) is 11.6 Å². The molecule has 0 radical (unpaired) electrons. The van der Waals surface area contributed by atoms with Gasteiger partial charge in [0, 0.05) is 29.6 Å². The number of amides is 1. The maximum Gasteiger partial charge on any atom is 0.293 e. The predicted octanol–water partition coefficient (Wildman–Crippen LogP) is 2.96. The number of anilines is 1. The van der Waals surface area contributed by atoms with Crippen LogP contribution in [0.5, 0.6) is 0 Å². The molecule has 6 nitrogen and oxygen atoms in total. The van der Waals surface area contributed by atoms with Crippen molar-refractivity contribution in [1.82, 2.24) is 5.32 Å². The molecular weight excluding hydrogens is 282 g/mol. The highest BCUT2D eigenvalue weighted by atomic mass is 35.5. The lowest BCUT2D eigenvalue weighted by Gasteiger charge is -2.20. The van der Waals surface area contributed by atoms with Crippen molar-refractivity contribution in [3.8, 4) is 0 Å². The summed E-state index contributed by atoms with van der Waals surface area (Å²) in [5.41, 5.74) is -0.0414. The number of nitro benzene ring substituents is 1. The number of nitrogens with zero attached hydrogens (tertiary/aromatic N) is 1. The number of hydrogen-bond donors (Lipinski definition) is 2. The molecule has 0 fully saturated rings. The molecule has 0 bridgehead atoms. The number of halogens is 1. The third-order valence-corrected chi connectivity index (χ3v) is 2.57. The van der Waals surface area contributed by atoms with Crippen molar-refractivity contribution in [2.45, 2.75) is 32.7 Å². The highest BCUT2D eigenvalue weighted by Gasteiger charge is 2.16. The summed E-state index contributed by atoms with van der Waals surface area (Å²) in [5.74, 6) is -0.110. The first-order valence-corrected chi connectivity index (χ1v) is 6.55. The highest BCUT2D eigenvalue weighted by molar-refractivity contribution is 6.30. The maximum absolute atomic E-state index is 11.6. The Kier molecular flexibility index (Phi) is 5.33. The first kappa shape index (κ1) is 16.2. The van der Waals surface area contributed by atoms with E-state index in [0.29, 0.717) is 17.3 Å². The largest absolute Gasteiger partial charge is 0.379 e. The lowest BCUT2D eigenvalue weighted by molar-refractivity contribution is -0.383. The predicted molar refractivity (Wildman–Crippen MR) is 79.1 cm³/mol. The van der Waals surface area contributed by atoms with Gasteiger partial charge in [-0.2, -0.15) is 0 Å². The van der Waals surface area contributed by atoms with Crippen molar-refractivity contribution < 1.29 is 9.72 Å². The van der Waals surface area contributed by atoms with Crippen LogP contribution in [-0.4, -0.2) is 22.9 Å². The van der Waals surface area contributed by atoms with E-state index in [-0.39, 0.29) is 23.6 Å². The van der Waals surface area contributed by atoms with E-state index in [1.165, 1.54) is 12.1 Å². The maximum atomic E-state index is 11.6. The molecule has 0 saturated heterocycles.